The SMILES string of the molecule is CNCCNC(=O)C(C)C. The molecule has 0 rings (SSSR count). The van der Waals surface area contributed by atoms with Crippen molar-refractivity contribution in [2.24, 2.45) is 5.92 Å². The Kier molecular flexibility index (Phi) is 4.94. The Morgan fingerprint density at radius 3 is 2.40 bits per heavy atom. The number of rotatable bonds is 4. The predicted molar refractivity (Wildman–Crippen MR) is 41.8 cm³/mol. The third-order valence-electron chi connectivity index (χ3n) is 1.20. The first-order chi connectivity index (χ1) is 4.68. The van der Waals surface area contributed by atoms with Crippen LogP contribution >= 0.6 is 0 Å². The molecule has 1 amide bonds. The number of carbonyl (C=O) groups excluding carboxylic acids is 1. The van der Waals surface area contributed by atoms with E-state index in [0.717, 1.165) is 6.54 Å². The van der Waals surface area contributed by atoms with Crippen LogP contribution in [0, 0.1) is 5.92 Å². The zero-order chi connectivity index (χ0) is 7.98. The predicted octanol–water partition coefficient (Wildman–Crippen LogP) is -0.0220. The smallest absolute Gasteiger partial charge is 0.222 e. The monoisotopic (exact) mass is 144 g/mol. The maximum Gasteiger partial charge on any atom is 0.222 e. The molecule has 0 spiro atoms. The van der Waals surface area contributed by atoms with Gasteiger partial charge in [-0.25, -0.2) is 0 Å². The summed E-state index contributed by atoms with van der Waals surface area (Å²) in [5.41, 5.74) is 0. The molecule has 0 saturated heterocycles. The van der Waals surface area contributed by atoms with E-state index in [1.54, 1.807) is 0 Å². The molecule has 0 unspecified atom stereocenters. The average Bonchev–Trinajstić information content (AvgIpc) is 1.88. The fourth-order valence-electron chi connectivity index (χ4n) is 0.515. The molecule has 10 heavy (non-hydrogen) atoms. The first kappa shape index (κ1) is 9.43. The highest BCUT2D eigenvalue weighted by atomic mass is 16.1. The third-order valence-corrected chi connectivity index (χ3v) is 1.20. The number of amides is 1. The van der Waals surface area contributed by atoms with Crippen LogP contribution in [0.5, 0.6) is 0 Å². The molecule has 0 aromatic carbocycles. The van der Waals surface area contributed by atoms with Crippen molar-refractivity contribution >= 4 is 5.91 Å². The molecule has 0 fully saturated rings. The highest BCUT2D eigenvalue weighted by molar-refractivity contribution is 5.77. The highest BCUT2D eigenvalue weighted by Gasteiger charge is 2.03. The molecule has 0 saturated carbocycles. The Labute approximate surface area is 62.2 Å². The van der Waals surface area contributed by atoms with Gasteiger partial charge in [-0.15, -0.1) is 0 Å². The minimum absolute atomic E-state index is 0.0943. The summed E-state index contributed by atoms with van der Waals surface area (Å²) in [6.07, 6.45) is 0. The third kappa shape index (κ3) is 4.32. The van der Waals surface area contributed by atoms with E-state index in [4.69, 9.17) is 0 Å². The Bertz CT molecular complexity index is 102. The summed E-state index contributed by atoms with van der Waals surface area (Å²) in [5.74, 6) is 0.215. The minimum Gasteiger partial charge on any atom is -0.355 e. The molecular formula is C7H16N2O. The van der Waals surface area contributed by atoms with Crippen molar-refractivity contribution in [1.29, 1.82) is 0 Å². The number of hydrogen-bond acceptors (Lipinski definition) is 2. The average molecular weight is 144 g/mol. The van der Waals surface area contributed by atoms with Gasteiger partial charge in [0, 0.05) is 19.0 Å². The van der Waals surface area contributed by atoms with Crippen LogP contribution < -0.4 is 10.6 Å². The zero-order valence-electron chi connectivity index (χ0n) is 6.90. The second kappa shape index (κ2) is 5.23. The van der Waals surface area contributed by atoms with Crippen molar-refractivity contribution in [2.75, 3.05) is 20.1 Å². The van der Waals surface area contributed by atoms with Crippen LogP contribution in [-0.4, -0.2) is 26.0 Å². The van der Waals surface area contributed by atoms with Crippen LogP contribution in [0.25, 0.3) is 0 Å². The molecule has 0 bridgehead atoms. The number of hydrogen-bond donors (Lipinski definition) is 2. The topological polar surface area (TPSA) is 41.1 Å². The summed E-state index contributed by atoms with van der Waals surface area (Å²) in [5, 5.41) is 5.73. The molecule has 0 aliphatic carbocycles. The van der Waals surface area contributed by atoms with E-state index >= 15 is 0 Å². The molecule has 0 aliphatic heterocycles. The molecule has 0 heterocycles. The first-order valence-corrected chi connectivity index (χ1v) is 3.60. The van der Waals surface area contributed by atoms with Gasteiger partial charge < -0.3 is 10.6 Å². The molecule has 60 valence electrons. The van der Waals surface area contributed by atoms with Gasteiger partial charge in [-0.05, 0) is 7.05 Å². The van der Waals surface area contributed by atoms with E-state index in [-0.39, 0.29) is 11.8 Å². The maximum absolute atomic E-state index is 10.9. The molecule has 0 aliphatic rings. The molecule has 0 aromatic heterocycles. The van der Waals surface area contributed by atoms with E-state index in [0.29, 0.717) is 6.54 Å². The van der Waals surface area contributed by atoms with E-state index in [2.05, 4.69) is 10.6 Å². The fourth-order valence-corrected chi connectivity index (χ4v) is 0.515. The van der Waals surface area contributed by atoms with Crippen molar-refractivity contribution in [3.8, 4) is 0 Å². The number of likely N-dealkylation sites (N-methyl/N-ethyl adjacent to an activating group) is 1. The second-order valence-corrected chi connectivity index (χ2v) is 2.55. The van der Waals surface area contributed by atoms with Gasteiger partial charge in [0.05, 0.1) is 0 Å². The van der Waals surface area contributed by atoms with E-state index in [9.17, 15) is 4.79 Å². The van der Waals surface area contributed by atoms with Gasteiger partial charge in [-0.3, -0.25) is 4.79 Å². The van der Waals surface area contributed by atoms with Crippen LogP contribution in [0.3, 0.4) is 0 Å². The minimum atomic E-state index is 0.0943. The van der Waals surface area contributed by atoms with Gasteiger partial charge >= 0.3 is 0 Å². The molecule has 0 radical (unpaired) electrons. The quantitative estimate of drug-likeness (QED) is 0.544. The van der Waals surface area contributed by atoms with Crippen LogP contribution in [0.1, 0.15) is 13.8 Å². The summed E-state index contributed by atoms with van der Waals surface area (Å²) in [6.45, 7) is 5.31. The lowest BCUT2D eigenvalue weighted by Crippen LogP contribution is -2.33. The summed E-state index contributed by atoms with van der Waals surface area (Å²) in [7, 11) is 1.86. The van der Waals surface area contributed by atoms with Crippen LogP contribution in [0.15, 0.2) is 0 Å². The molecular weight excluding hydrogens is 128 g/mol. The van der Waals surface area contributed by atoms with Gasteiger partial charge in [0.1, 0.15) is 0 Å². The molecule has 2 N–H and O–H groups in total. The van der Waals surface area contributed by atoms with Gasteiger partial charge in [-0.2, -0.15) is 0 Å². The van der Waals surface area contributed by atoms with Crippen molar-refractivity contribution in [3.63, 3.8) is 0 Å². The Morgan fingerprint density at radius 2 is 2.00 bits per heavy atom. The van der Waals surface area contributed by atoms with Crippen LogP contribution in [0.2, 0.25) is 0 Å². The Morgan fingerprint density at radius 1 is 1.40 bits per heavy atom. The zero-order valence-corrected chi connectivity index (χ0v) is 6.90. The summed E-state index contributed by atoms with van der Waals surface area (Å²) in [6, 6.07) is 0. The van der Waals surface area contributed by atoms with Crippen molar-refractivity contribution in [3.05, 3.63) is 0 Å². The molecule has 3 nitrogen and oxygen atoms in total. The van der Waals surface area contributed by atoms with Gasteiger partial charge in [-0.1, -0.05) is 13.8 Å². The second-order valence-electron chi connectivity index (χ2n) is 2.55. The van der Waals surface area contributed by atoms with Crippen molar-refractivity contribution < 1.29 is 4.79 Å². The maximum atomic E-state index is 10.9. The van der Waals surface area contributed by atoms with Crippen molar-refractivity contribution in [2.45, 2.75) is 13.8 Å². The standard InChI is InChI=1S/C7H16N2O/c1-6(2)7(10)9-5-4-8-3/h6,8H,4-5H2,1-3H3,(H,9,10). The van der Waals surface area contributed by atoms with E-state index < -0.39 is 0 Å². The van der Waals surface area contributed by atoms with Crippen molar-refractivity contribution in [1.82, 2.24) is 10.6 Å². The Hall–Kier alpha value is -0.570. The largest absolute Gasteiger partial charge is 0.355 e. The molecule has 3 heteroatoms. The van der Waals surface area contributed by atoms with Gasteiger partial charge in [0.15, 0.2) is 0 Å². The highest BCUT2D eigenvalue weighted by Crippen LogP contribution is 1.88. The summed E-state index contributed by atoms with van der Waals surface area (Å²) < 4.78 is 0. The van der Waals surface area contributed by atoms with Crippen LogP contribution in [-0.2, 0) is 4.79 Å². The first-order valence-electron chi connectivity index (χ1n) is 3.60. The fraction of sp³-hybridized carbons (Fsp3) is 0.857. The lowest BCUT2D eigenvalue weighted by molar-refractivity contribution is -0.123. The molecule has 0 aromatic rings. The number of carbonyl (C=O) groups is 1. The lowest BCUT2D eigenvalue weighted by atomic mass is 10.2. The van der Waals surface area contributed by atoms with E-state index in [1.165, 1.54) is 0 Å². The van der Waals surface area contributed by atoms with E-state index in [1.807, 2.05) is 20.9 Å². The van der Waals surface area contributed by atoms with Gasteiger partial charge in [0.25, 0.3) is 0 Å². The molecule has 0 atom stereocenters. The van der Waals surface area contributed by atoms with Crippen LogP contribution in [0.4, 0.5) is 0 Å². The Balaban J connectivity index is 3.22. The summed E-state index contributed by atoms with van der Waals surface area (Å²) in [4.78, 5) is 10.9. The summed E-state index contributed by atoms with van der Waals surface area (Å²) >= 11 is 0. The number of nitrogens with one attached hydrogen (secondary N) is 2. The normalized spacial score (nSPS) is 10.0. The lowest BCUT2D eigenvalue weighted by Gasteiger charge is -2.05. The van der Waals surface area contributed by atoms with Gasteiger partial charge in [0.2, 0.25) is 5.91 Å².